The van der Waals surface area contributed by atoms with Crippen LogP contribution >= 0.6 is 11.3 Å². The number of amides is 1. The van der Waals surface area contributed by atoms with Crippen LogP contribution in [0.3, 0.4) is 0 Å². The molecule has 8 nitrogen and oxygen atoms in total. The molecule has 0 aliphatic heterocycles. The molecule has 4 rings (SSSR count). The molecule has 0 aliphatic rings. The lowest BCUT2D eigenvalue weighted by Gasteiger charge is -2.19. The lowest BCUT2D eigenvalue weighted by molar-refractivity contribution is 0.0983. The molecule has 0 spiro atoms. The first kappa shape index (κ1) is 21.5. The topological polar surface area (TPSA) is 83.3 Å². The van der Waals surface area contributed by atoms with Gasteiger partial charge in [0.15, 0.2) is 16.6 Å². The first-order chi connectivity index (χ1) is 15.6. The number of anilines is 1. The van der Waals surface area contributed by atoms with E-state index in [0.29, 0.717) is 45.0 Å². The molecular formula is C23H22N2O6S. The minimum atomic E-state index is -0.264. The van der Waals surface area contributed by atoms with Crippen LogP contribution < -0.4 is 23.8 Å². The molecule has 166 valence electrons. The number of methoxy groups -OCH3 is 4. The van der Waals surface area contributed by atoms with Gasteiger partial charge in [0.2, 0.25) is 0 Å². The lowest BCUT2D eigenvalue weighted by atomic mass is 10.1. The van der Waals surface area contributed by atoms with Gasteiger partial charge in [-0.1, -0.05) is 11.3 Å². The van der Waals surface area contributed by atoms with E-state index in [-0.39, 0.29) is 12.5 Å². The molecule has 9 heteroatoms. The summed E-state index contributed by atoms with van der Waals surface area (Å²) in [5.74, 6) is 2.61. The van der Waals surface area contributed by atoms with Gasteiger partial charge in [-0.05, 0) is 42.5 Å². The number of benzene rings is 2. The van der Waals surface area contributed by atoms with E-state index >= 15 is 0 Å². The maximum atomic E-state index is 13.6. The Morgan fingerprint density at radius 2 is 1.62 bits per heavy atom. The Morgan fingerprint density at radius 3 is 2.28 bits per heavy atom. The van der Waals surface area contributed by atoms with E-state index in [1.54, 1.807) is 62.8 Å². The Morgan fingerprint density at radius 1 is 0.938 bits per heavy atom. The SMILES string of the molecule is COc1ccc(C(=O)N(Cc2ccco2)c2nc3c(OC)ccc(OC)c3s2)cc1OC. The molecule has 0 saturated heterocycles. The van der Waals surface area contributed by atoms with Gasteiger partial charge in [-0.3, -0.25) is 9.69 Å². The molecule has 0 fully saturated rings. The van der Waals surface area contributed by atoms with Crippen molar-refractivity contribution >= 4 is 32.6 Å². The number of nitrogens with zero attached hydrogens (tertiary/aromatic N) is 2. The summed E-state index contributed by atoms with van der Waals surface area (Å²) in [4.78, 5) is 19.9. The predicted octanol–water partition coefficient (Wildman–Crippen LogP) is 4.77. The Hall–Kier alpha value is -3.72. The van der Waals surface area contributed by atoms with Gasteiger partial charge in [0.1, 0.15) is 27.5 Å². The van der Waals surface area contributed by atoms with Crippen LogP contribution in [-0.4, -0.2) is 39.3 Å². The molecule has 0 unspecified atom stereocenters. The molecular weight excluding hydrogens is 432 g/mol. The largest absolute Gasteiger partial charge is 0.495 e. The number of carbonyl (C=O) groups is 1. The number of thiazole rings is 1. The van der Waals surface area contributed by atoms with Crippen molar-refractivity contribution in [2.24, 2.45) is 0 Å². The Bertz CT molecular complexity index is 1190. The van der Waals surface area contributed by atoms with Gasteiger partial charge in [0.25, 0.3) is 5.91 Å². The number of aromatic nitrogens is 1. The highest BCUT2D eigenvalue weighted by molar-refractivity contribution is 7.22. The standard InChI is InChI=1S/C23H22N2O6S/c1-27-16-8-7-14(12-19(16)30-4)22(26)25(13-15-6-5-11-31-15)23-24-20-17(28-2)9-10-18(29-3)21(20)32-23/h5-12H,13H2,1-4H3. The number of fused-ring (bicyclic) bond motifs is 1. The summed E-state index contributed by atoms with van der Waals surface area (Å²) in [7, 11) is 6.25. The molecule has 0 radical (unpaired) electrons. The summed E-state index contributed by atoms with van der Waals surface area (Å²) < 4.78 is 27.9. The summed E-state index contributed by atoms with van der Waals surface area (Å²) in [5, 5.41) is 0.485. The molecule has 2 aromatic carbocycles. The maximum absolute atomic E-state index is 13.6. The summed E-state index contributed by atoms with van der Waals surface area (Å²) in [6.07, 6.45) is 1.57. The second kappa shape index (κ2) is 9.19. The average molecular weight is 455 g/mol. The number of hydrogen-bond acceptors (Lipinski definition) is 8. The first-order valence-corrected chi connectivity index (χ1v) is 10.5. The van der Waals surface area contributed by atoms with Crippen LogP contribution in [0.15, 0.2) is 53.1 Å². The van der Waals surface area contributed by atoms with Crippen LogP contribution in [0, 0.1) is 0 Å². The molecule has 1 amide bonds. The second-order valence-corrected chi connectivity index (χ2v) is 7.66. The smallest absolute Gasteiger partial charge is 0.260 e. The number of furan rings is 1. The average Bonchev–Trinajstić information content (AvgIpc) is 3.51. The van der Waals surface area contributed by atoms with E-state index in [9.17, 15) is 4.79 Å². The second-order valence-electron chi connectivity index (χ2n) is 6.68. The Balaban J connectivity index is 1.82. The minimum absolute atomic E-state index is 0.199. The normalized spacial score (nSPS) is 10.8. The first-order valence-electron chi connectivity index (χ1n) is 9.67. The highest BCUT2D eigenvalue weighted by atomic mass is 32.1. The zero-order chi connectivity index (χ0) is 22.7. The molecule has 2 heterocycles. The summed E-state index contributed by atoms with van der Waals surface area (Å²) in [5.41, 5.74) is 1.05. The fourth-order valence-corrected chi connectivity index (χ4v) is 4.37. The van der Waals surface area contributed by atoms with E-state index in [4.69, 9.17) is 28.3 Å². The highest BCUT2D eigenvalue weighted by Crippen LogP contribution is 2.41. The van der Waals surface area contributed by atoms with Crippen molar-refractivity contribution in [1.29, 1.82) is 0 Å². The molecule has 0 saturated carbocycles. The summed E-state index contributed by atoms with van der Waals surface area (Å²) in [6, 6.07) is 12.2. The van der Waals surface area contributed by atoms with E-state index in [1.165, 1.54) is 18.4 Å². The van der Waals surface area contributed by atoms with Crippen molar-refractivity contribution in [2.45, 2.75) is 6.54 Å². The van der Waals surface area contributed by atoms with Crippen molar-refractivity contribution in [2.75, 3.05) is 33.3 Å². The van der Waals surface area contributed by atoms with Crippen molar-refractivity contribution < 1.29 is 28.2 Å². The number of hydrogen-bond donors (Lipinski definition) is 0. The minimum Gasteiger partial charge on any atom is -0.495 e. The monoisotopic (exact) mass is 454 g/mol. The Kier molecular flexibility index (Phi) is 6.18. The molecule has 0 bridgehead atoms. The molecule has 4 aromatic rings. The van der Waals surface area contributed by atoms with Crippen LogP contribution in [0.2, 0.25) is 0 Å². The maximum Gasteiger partial charge on any atom is 0.260 e. The van der Waals surface area contributed by atoms with Crippen molar-refractivity contribution in [3.63, 3.8) is 0 Å². The van der Waals surface area contributed by atoms with Gasteiger partial charge in [0.05, 0.1) is 41.2 Å². The van der Waals surface area contributed by atoms with E-state index in [1.807, 2.05) is 12.1 Å². The zero-order valence-corrected chi connectivity index (χ0v) is 18.9. The number of ether oxygens (including phenoxy) is 4. The summed E-state index contributed by atoms with van der Waals surface area (Å²) >= 11 is 1.34. The molecule has 0 atom stereocenters. The quantitative estimate of drug-likeness (QED) is 0.379. The van der Waals surface area contributed by atoms with Crippen LogP contribution in [0.5, 0.6) is 23.0 Å². The van der Waals surface area contributed by atoms with Gasteiger partial charge < -0.3 is 23.4 Å². The molecule has 0 aliphatic carbocycles. The van der Waals surface area contributed by atoms with Crippen LogP contribution in [0.4, 0.5) is 5.13 Å². The van der Waals surface area contributed by atoms with E-state index in [0.717, 1.165) is 4.70 Å². The van der Waals surface area contributed by atoms with Gasteiger partial charge in [-0.2, -0.15) is 0 Å². The van der Waals surface area contributed by atoms with E-state index in [2.05, 4.69) is 0 Å². The van der Waals surface area contributed by atoms with Crippen LogP contribution in [-0.2, 0) is 6.54 Å². The Labute approximate surface area is 188 Å². The van der Waals surface area contributed by atoms with Crippen molar-refractivity contribution in [1.82, 2.24) is 4.98 Å². The fourth-order valence-electron chi connectivity index (χ4n) is 3.30. The third kappa shape index (κ3) is 3.94. The molecule has 0 N–H and O–H groups in total. The van der Waals surface area contributed by atoms with Crippen LogP contribution in [0.25, 0.3) is 10.2 Å². The van der Waals surface area contributed by atoms with Gasteiger partial charge in [-0.25, -0.2) is 4.98 Å². The molecule has 2 aromatic heterocycles. The highest BCUT2D eigenvalue weighted by Gasteiger charge is 2.25. The van der Waals surface area contributed by atoms with Gasteiger partial charge >= 0.3 is 0 Å². The predicted molar refractivity (Wildman–Crippen MR) is 121 cm³/mol. The lowest BCUT2D eigenvalue weighted by Crippen LogP contribution is -2.30. The van der Waals surface area contributed by atoms with Gasteiger partial charge in [-0.15, -0.1) is 0 Å². The van der Waals surface area contributed by atoms with E-state index < -0.39 is 0 Å². The zero-order valence-electron chi connectivity index (χ0n) is 18.1. The third-order valence-electron chi connectivity index (χ3n) is 4.90. The van der Waals surface area contributed by atoms with Crippen molar-refractivity contribution in [3.8, 4) is 23.0 Å². The third-order valence-corrected chi connectivity index (χ3v) is 5.99. The van der Waals surface area contributed by atoms with Gasteiger partial charge in [0, 0.05) is 5.56 Å². The van der Waals surface area contributed by atoms with Crippen molar-refractivity contribution in [3.05, 3.63) is 60.1 Å². The summed E-state index contributed by atoms with van der Waals surface area (Å²) in [6.45, 7) is 0.199. The molecule has 32 heavy (non-hydrogen) atoms. The fraction of sp³-hybridized carbons (Fsp3) is 0.217. The van der Waals surface area contributed by atoms with Crippen LogP contribution in [0.1, 0.15) is 16.1 Å². The number of rotatable bonds is 8. The number of carbonyl (C=O) groups excluding carboxylic acids is 1.